The molecule has 136 valence electrons. The zero-order chi connectivity index (χ0) is 19.3. The van der Waals surface area contributed by atoms with Crippen molar-refractivity contribution in [3.63, 3.8) is 0 Å². The Balaban J connectivity index is 1.64. The van der Waals surface area contributed by atoms with Crippen LogP contribution in [0.1, 0.15) is 11.3 Å². The Morgan fingerprint density at radius 3 is 2.57 bits per heavy atom. The molecule has 1 aliphatic rings. The van der Waals surface area contributed by atoms with Crippen molar-refractivity contribution >= 4 is 35.2 Å². The maximum atomic E-state index is 6.05. The van der Waals surface area contributed by atoms with Gasteiger partial charge in [0.2, 0.25) is 0 Å². The van der Waals surface area contributed by atoms with Crippen molar-refractivity contribution in [1.82, 2.24) is 0 Å². The predicted molar refractivity (Wildman–Crippen MR) is 117 cm³/mol. The molecule has 0 amide bonds. The number of aryl methyl sites for hydroxylation is 2. The number of pyridine rings is 1. The molecule has 0 saturated carbocycles. The standard InChI is InChI=1S/C24H22BN2O/c1-17-16-26(2)23(15-20(17)18-9-5-4-6-10-18)25-14-13-22-24(27(25)3)19-11-7-8-12-21(19)28-22/h4-16H,1-3H3/q+1. The van der Waals surface area contributed by atoms with Crippen LogP contribution in [0.2, 0.25) is 0 Å². The van der Waals surface area contributed by atoms with E-state index in [-0.39, 0.29) is 6.85 Å². The number of hydrogen-bond donors (Lipinski definition) is 0. The second-order valence-corrected chi connectivity index (χ2v) is 7.50. The van der Waals surface area contributed by atoms with E-state index >= 15 is 0 Å². The minimum absolute atomic E-state index is 0.140. The van der Waals surface area contributed by atoms with Gasteiger partial charge in [0.05, 0.1) is 5.69 Å². The highest BCUT2D eigenvalue weighted by molar-refractivity contribution is 6.81. The third kappa shape index (κ3) is 2.56. The van der Waals surface area contributed by atoms with Crippen molar-refractivity contribution < 1.29 is 8.98 Å². The van der Waals surface area contributed by atoms with E-state index < -0.39 is 0 Å². The Morgan fingerprint density at radius 2 is 1.75 bits per heavy atom. The molecule has 0 unspecified atom stereocenters. The molecule has 0 radical (unpaired) electrons. The van der Waals surface area contributed by atoms with E-state index in [9.17, 15) is 0 Å². The molecule has 0 N–H and O–H groups in total. The van der Waals surface area contributed by atoms with E-state index in [1.54, 1.807) is 0 Å². The van der Waals surface area contributed by atoms with Gasteiger partial charge in [-0.15, -0.1) is 0 Å². The van der Waals surface area contributed by atoms with Crippen LogP contribution in [0.25, 0.3) is 28.2 Å². The maximum Gasteiger partial charge on any atom is 0.396 e. The number of rotatable bonds is 2. The lowest BCUT2D eigenvalue weighted by Gasteiger charge is -2.26. The second-order valence-electron chi connectivity index (χ2n) is 7.50. The topological polar surface area (TPSA) is 20.3 Å². The Labute approximate surface area is 165 Å². The second kappa shape index (κ2) is 6.41. The van der Waals surface area contributed by atoms with Crippen LogP contribution < -0.4 is 15.0 Å². The molecule has 4 aromatic rings. The minimum Gasteiger partial charge on any atom is -0.455 e. The largest absolute Gasteiger partial charge is 0.455 e. The fourth-order valence-electron chi connectivity index (χ4n) is 4.29. The molecule has 3 heterocycles. The Kier molecular flexibility index (Phi) is 3.87. The minimum atomic E-state index is 0.140. The van der Waals surface area contributed by atoms with E-state index in [0.717, 1.165) is 22.4 Å². The van der Waals surface area contributed by atoms with Crippen LogP contribution in [-0.4, -0.2) is 13.9 Å². The number of anilines is 1. The number of furan rings is 1. The molecule has 4 heteroatoms. The summed E-state index contributed by atoms with van der Waals surface area (Å²) in [7, 11) is 4.28. The normalized spacial score (nSPS) is 13.2. The molecule has 28 heavy (non-hydrogen) atoms. The van der Waals surface area contributed by atoms with Crippen molar-refractivity contribution in [3.8, 4) is 11.1 Å². The molecular weight excluding hydrogens is 343 g/mol. The Morgan fingerprint density at radius 1 is 1.00 bits per heavy atom. The smallest absolute Gasteiger partial charge is 0.396 e. The van der Waals surface area contributed by atoms with Crippen molar-refractivity contribution in [2.24, 2.45) is 7.05 Å². The van der Waals surface area contributed by atoms with E-state index in [1.165, 1.54) is 22.3 Å². The molecule has 0 saturated heterocycles. The van der Waals surface area contributed by atoms with Gasteiger partial charge in [-0.1, -0.05) is 48.4 Å². The van der Waals surface area contributed by atoms with Gasteiger partial charge in [0.15, 0.2) is 11.8 Å². The lowest BCUT2D eigenvalue weighted by molar-refractivity contribution is -0.654. The molecule has 0 fully saturated rings. The summed E-state index contributed by atoms with van der Waals surface area (Å²) in [5, 5.41) is 1.16. The molecule has 2 aromatic carbocycles. The summed E-state index contributed by atoms with van der Waals surface area (Å²) < 4.78 is 8.29. The fourth-order valence-corrected chi connectivity index (χ4v) is 4.29. The number of fused-ring (bicyclic) bond motifs is 3. The van der Waals surface area contributed by atoms with E-state index in [0.29, 0.717) is 0 Å². The molecule has 0 spiro atoms. The van der Waals surface area contributed by atoms with Crippen LogP contribution >= 0.6 is 0 Å². The molecular formula is C24H22BN2O+. The van der Waals surface area contributed by atoms with Gasteiger partial charge in [-0.25, -0.2) is 4.57 Å². The van der Waals surface area contributed by atoms with Gasteiger partial charge < -0.3 is 9.23 Å². The summed E-state index contributed by atoms with van der Waals surface area (Å²) in [6.07, 6.45) is 4.34. The summed E-state index contributed by atoms with van der Waals surface area (Å²) >= 11 is 0. The van der Waals surface area contributed by atoms with Crippen molar-refractivity contribution in [2.75, 3.05) is 11.9 Å². The van der Waals surface area contributed by atoms with Gasteiger partial charge in [-0.3, -0.25) is 0 Å². The molecule has 0 bridgehead atoms. The summed E-state index contributed by atoms with van der Waals surface area (Å²) in [4.78, 5) is 2.32. The van der Waals surface area contributed by atoms with Crippen LogP contribution in [0.15, 0.2) is 77.3 Å². The molecule has 1 aliphatic heterocycles. The van der Waals surface area contributed by atoms with Crippen LogP contribution in [0.4, 0.5) is 5.69 Å². The molecule has 5 rings (SSSR count). The first kappa shape index (κ1) is 16.9. The summed E-state index contributed by atoms with van der Waals surface area (Å²) in [6, 6.07) is 21.2. The Bertz CT molecular complexity index is 1210. The number of nitrogens with zero attached hydrogens (tertiary/aromatic N) is 2. The lowest BCUT2D eigenvalue weighted by atomic mass is 9.54. The first-order chi connectivity index (χ1) is 13.6. The van der Waals surface area contributed by atoms with Gasteiger partial charge in [-0.2, -0.15) is 0 Å². The predicted octanol–water partition coefficient (Wildman–Crippen LogP) is 4.13. The van der Waals surface area contributed by atoms with Crippen LogP contribution in [0, 0.1) is 6.92 Å². The molecule has 0 aliphatic carbocycles. The van der Waals surface area contributed by atoms with Crippen molar-refractivity contribution in [3.05, 3.63) is 84.2 Å². The van der Waals surface area contributed by atoms with Crippen molar-refractivity contribution in [2.45, 2.75) is 6.92 Å². The number of benzene rings is 2. The Hall–Kier alpha value is -3.27. The lowest BCUT2D eigenvalue weighted by Crippen LogP contribution is -2.60. The zero-order valence-electron chi connectivity index (χ0n) is 16.4. The van der Waals surface area contributed by atoms with Gasteiger partial charge >= 0.3 is 6.85 Å². The average molecular weight is 365 g/mol. The SMILES string of the molecule is Cc1c[n+](C)c(B2C=Cc3oc4ccccc4c3N2C)cc1-c1ccccc1. The fraction of sp³-hybridized carbons (Fsp3) is 0.125. The van der Waals surface area contributed by atoms with E-state index in [1.807, 2.05) is 12.1 Å². The molecule has 3 nitrogen and oxygen atoms in total. The van der Waals surface area contributed by atoms with Gasteiger partial charge in [-0.05, 0) is 43.3 Å². The highest BCUT2D eigenvalue weighted by Crippen LogP contribution is 2.37. The third-order valence-electron chi connectivity index (χ3n) is 5.69. The first-order valence-electron chi connectivity index (χ1n) is 9.61. The van der Waals surface area contributed by atoms with Crippen LogP contribution in [0.3, 0.4) is 0 Å². The average Bonchev–Trinajstić information content (AvgIpc) is 3.09. The number of aromatic nitrogens is 1. The van der Waals surface area contributed by atoms with Crippen molar-refractivity contribution in [1.29, 1.82) is 0 Å². The summed E-state index contributed by atoms with van der Waals surface area (Å²) in [5.74, 6) is 3.16. The monoisotopic (exact) mass is 365 g/mol. The third-order valence-corrected chi connectivity index (χ3v) is 5.69. The highest BCUT2D eigenvalue weighted by Gasteiger charge is 2.35. The maximum absolute atomic E-state index is 6.05. The molecule has 0 atom stereocenters. The highest BCUT2D eigenvalue weighted by atomic mass is 16.3. The van der Waals surface area contributed by atoms with Gasteiger partial charge in [0.25, 0.3) is 0 Å². The number of hydrogen-bond acceptors (Lipinski definition) is 2. The number of para-hydroxylation sites is 1. The molecule has 2 aromatic heterocycles. The summed E-state index contributed by atoms with van der Waals surface area (Å²) in [5.41, 5.74) is 7.14. The van der Waals surface area contributed by atoms with Crippen LogP contribution in [0.5, 0.6) is 0 Å². The van der Waals surface area contributed by atoms with E-state index in [4.69, 9.17) is 4.42 Å². The van der Waals surface area contributed by atoms with Gasteiger partial charge in [0, 0.05) is 17.0 Å². The zero-order valence-corrected chi connectivity index (χ0v) is 16.4. The quantitative estimate of drug-likeness (QED) is 0.393. The first-order valence-corrected chi connectivity index (χ1v) is 9.61. The van der Waals surface area contributed by atoms with E-state index in [2.05, 4.69) is 97.2 Å². The van der Waals surface area contributed by atoms with Crippen LogP contribution in [-0.2, 0) is 7.05 Å². The summed E-state index contributed by atoms with van der Waals surface area (Å²) in [6.45, 7) is 2.32. The van der Waals surface area contributed by atoms with Gasteiger partial charge in [0.1, 0.15) is 18.4 Å².